The monoisotopic (exact) mass is 206 g/mol. The Balaban J connectivity index is 1.93. The zero-order chi connectivity index (χ0) is 10.7. The van der Waals surface area contributed by atoms with Gasteiger partial charge in [0.2, 0.25) is 0 Å². The van der Waals surface area contributed by atoms with Crippen molar-refractivity contribution < 1.29 is 9.84 Å². The van der Waals surface area contributed by atoms with Crippen molar-refractivity contribution in [2.75, 3.05) is 0 Å². The fraction of sp³-hybridized carbons (Fsp3) is 0.538. The molecule has 2 unspecified atom stereocenters. The first-order valence-electron chi connectivity index (χ1n) is 5.71. The Kier molecular flexibility index (Phi) is 3.27. The summed E-state index contributed by atoms with van der Waals surface area (Å²) in [6, 6.07) is 8.23. The predicted molar refractivity (Wildman–Crippen MR) is 60.1 cm³/mol. The number of aliphatic hydroxyl groups excluding tert-OH is 1. The highest BCUT2D eigenvalue weighted by atomic mass is 16.5. The fourth-order valence-electron chi connectivity index (χ4n) is 2.02. The Morgan fingerprint density at radius 1 is 1.27 bits per heavy atom. The van der Waals surface area contributed by atoms with Gasteiger partial charge in [-0.25, -0.2) is 0 Å². The lowest BCUT2D eigenvalue weighted by molar-refractivity contribution is 0.150. The maximum absolute atomic E-state index is 9.38. The van der Waals surface area contributed by atoms with Crippen LogP contribution >= 0.6 is 0 Å². The third-order valence-electron chi connectivity index (χ3n) is 2.99. The summed E-state index contributed by atoms with van der Waals surface area (Å²) in [4.78, 5) is 0. The number of rotatable bonds is 3. The largest absolute Gasteiger partial charge is 0.490 e. The van der Waals surface area contributed by atoms with Gasteiger partial charge in [-0.2, -0.15) is 0 Å². The van der Waals surface area contributed by atoms with Gasteiger partial charge in [-0.1, -0.05) is 19.1 Å². The molecule has 0 bridgehead atoms. The van der Waals surface area contributed by atoms with Crippen LogP contribution in [0.3, 0.4) is 0 Å². The number of hydrogen-bond donors (Lipinski definition) is 1. The second-order valence-corrected chi connectivity index (χ2v) is 4.20. The number of aliphatic hydroxyl groups is 1. The third-order valence-corrected chi connectivity index (χ3v) is 2.99. The zero-order valence-electron chi connectivity index (χ0n) is 9.15. The van der Waals surface area contributed by atoms with Crippen LogP contribution in [0.2, 0.25) is 0 Å². The Morgan fingerprint density at radius 3 is 2.53 bits per heavy atom. The van der Waals surface area contributed by atoms with Crippen molar-refractivity contribution in [2.24, 2.45) is 0 Å². The molecule has 82 valence electrons. The topological polar surface area (TPSA) is 29.5 Å². The van der Waals surface area contributed by atoms with Crippen molar-refractivity contribution >= 4 is 0 Å². The first kappa shape index (κ1) is 10.5. The van der Waals surface area contributed by atoms with Crippen LogP contribution in [0.4, 0.5) is 0 Å². The summed E-state index contributed by atoms with van der Waals surface area (Å²) in [5, 5.41) is 9.38. The van der Waals surface area contributed by atoms with Gasteiger partial charge in [0.05, 0.1) is 6.10 Å². The molecule has 1 fully saturated rings. The van der Waals surface area contributed by atoms with E-state index >= 15 is 0 Å². The summed E-state index contributed by atoms with van der Waals surface area (Å²) in [5.74, 6) is 0.923. The van der Waals surface area contributed by atoms with Gasteiger partial charge in [0.25, 0.3) is 0 Å². The molecule has 1 aromatic carbocycles. The summed E-state index contributed by atoms with van der Waals surface area (Å²) in [6.07, 6.45) is 3.71. The molecule has 1 N–H and O–H groups in total. The maximum Gasteiger partial charge on any atom is 0.119 e. The minimum absolute atomic E-state index is 0.162. The highest BCUT2D eigenvalue weighted by Crippen LogP contribution is 2.24. The number of ether oxygens (including phenoxy) is 1. The van der Waals surface area contributed by atoms with E-state index in [-0.39, 0.29) is 12.2 Å². The van der Waals surface area contributed by atoms with Crippen LogP contribution < -0.4 is 4.74 Å². The number of benzene rings is 1. The van der Waals surface area contributed by atoms with Gasteiger partial charge in [-0.05, 0) is 37.0 Å². The second-order valence-electron chi connectivity index (χ2n) is 4.20. The Labute approximate surface area is 90.9 Å². The van der Waals surface area contributed by atoms with E-state index in [1.807, 2.05) is 12.1 Å². The van der Waals surface area contributed by atoms with Crippen molar-refractivity contribution in [1.82, 2.24) is 0 Å². The third kappa shape index (κ3) is 2.72. The highest BCUT2D eigenvalue weighted by molar-refractivity contribution is 5.27. The van der Waals surface area contributed by atoms with E-state index in [0.717, 1.165) is 31.4 Å². The predicted octanol–water partition coefficient (Wildman–Crippen LogP) is 2.54. The zero-order valence-corrected chi connectivity index (χ0v) is 9.15. The van der Waals surface area contributed by atoms with Crippen LogP contribution in [0.15, 0.2) is 24.3 Å². The Morgan fingerprint density at radius 2 is 2.00 bits per heavy atom. The summed E-state index contributed by atoms with van der Waals surface area (Å²) >= 11 is 0. The average Bonchev–Trinajstić information content (AvgIpc) is 2.65. The van der Waals surface area contributed by atoms with E-state index in [4.69, 9.17) is 4.74 Å². The molecule has 2 heteroatoms. The highest BCUT2D eigenvalue weighted by Gasteiger charge is 2.23. The quantitative estimate of drug-likeness (QED) is 0.823. The molecule has 0 saturated heterocycles. The van der Waals surface area contributed by atoms with Crippen LogP contribution in [0.1, 0.15) is 31.7 Å². The maximum atomic E-state index is 9.38. The lowest BCUT2D eigenvalue weighted by atomic mass is 10.2. The number of hydrogen-bond acceptors (Lipinski definition) is 2. The number of aryl methyl sites for hydroxylation is 1. The molecule has 0 spiro atoms. The minimum Gasteiger partial charge on any atom is -0.490 e. The van der Waals surface area contributed by atoms with Gasteiger partial charge < -0.3 is 9.84 Å². The first-order valence-corrected chi connectivity index (χ1v) is 5.71. The van der Waals surface area contributed by atoms with Crippen molar-refractivity contribution in [3.05, 3.63) is 29.8 Å². The van der Waals surface area contributed by atoms with Gasteiger partial charge in [0.1, 0.15) is 11.9 Å². The van der Waals surface area contributed by atoms with E-state index in [1.165, 1.54) is 5.56 Å². The van der Waals surface area contributed by atoms with E-state index < -0.39 is 0 Å². The second kappa shape index (κ2) is 4.67. The average molecular weight is 206 g/mol. The van der Waals surface area contributed by atoms with Gasteiger partial charge in [-0.3, -0.25) is 0 Å². The van der Waals surface area contributed by atoms with E-state index in [2.05, 4.69) is 19.1 Å². The lowest BCUT2D eigenvalue weighted by Crippen LogP contribution is -2.13. The van der Waals surface area contributed by atoms with Crippen molar-refractivity contribution in [3.8, 4) is 5.75 Å². The molecule has 1 aromatic rings. The van der Waals surface area contributed by atoms with Gasteiger partial charge >= 0.3 is 0 Å². The van der Waals surface area contributed by atoms with Gasteiger partial charge in [0.15, 0.2) is 0 Å². The summed E-state index contributed by atoms with van der Waals surface area (Å²) in [6.45, 7) is 2.14. The van der Waals surface area contributed by atoms with Crippen molar-refractivity contribution in [1.29, 1.82) is 0 Å². The lowest BCUT2D eigenvalue weighted by Gasteiger charge is -2.13. The molecule has 2 nitrogen and oxygen atoms in total. The molecule has 0 aromatic heterocycles. The van der Waals surface area contributed by atoms with Crippen LogP contribution in [0, 0.1) is 0 Å². The van der Waals surface area contributed by atoms with Gasteiger partial charge in [-0.15, -0.1) is 0 Å². The molecule has 1 aliphatic carbocycles. The van der Waals surface area contributed by atoms with Crippen LogP contribution in [-0.4, -0.2) is 17.3 Å². The Hall–Kier alpha value is -1.02. The van der Waals surface area contributed by atoms with Crippen molar-refractivity contribution in [3.63, 3.8) is 0 Å². The standard InChI is InChI=1S/C13H18O2/c1-2-10-3-6-12(7-4-10)15-13-8-5-11(14)9-13/h3-4,6-7,11,13-14H,2,5,8-9H2,1H3. The molecule has 2 rings (SSSR count). The smallest absolute Gasteiger partial charge is 0.119 e. The summed E-state index contributed by atoms with van der Waals surface area (Å²) < 4.78 is 5.79. The molecule has 0 heterocycles. The molecule has 15 heavy (non-hydrogen) atoms. The van der Waals surface area contributed by atoms with E-state index in [0.29, 0.717) is 0 Å². The SMILES string of the molecule is CCc1ccc(OC2CCC(O)C2)cc1. The molecular weight excluding hydrogens is 188 g/mol. The van der Waals surface area contributed by atoms with Gasteiger partial charge in [0, 0.05) is 6.42 Å². The van der Waals surface area contributed by atoms with Crippen molar-refractivity contribution in [2.45, 2.75) is 44.8 Å². The van der Waals surface area contributed by atoms with Crippen LogP contribution in [0.5, 0.6) is 5.75 Å². The molecule has 0 radical (unpaired) electrons. The minimum atomic E-state index is -0.162. The van der Waals surface area contributed by atoms with E-state index in [1.54, 1.807) is 0 Å². The molecule has 2 atom stereocenters. The molecular formula is C13H18O2. The molecule has 1 aliphatic rings. The normalized spacial score (nSPS) is 25.5. The van der Waals surface area contributed by atoms with E-state index in [9.17, 15) is 5.11 Å². The molecule has 0 aliphatic heterocycles. The summed E-state index contributed by atoms with van der Waals surface area (Å²) in [5.41, 5.74) is 1.33. The molecule has 1 saturated carbocycles. The molecule has 0 amide bonds. The van der Waals surface area contributed by atoms with Crippen LogP contribution in [-0.2, 0) is 6.42 Å². The summed E-state index contributed by atoms with van der Waals surface area (Å²) in [7, 11) is 0. The Bertz CT molecular complexity index is 305. The fourth-order valence-corrected chi connectivity index (χ4v) is 2.02. The first-order chi connectivity index (χ1) is 7.28. The van der Waals surface area contributed by atoms with Crippen LogP contribution in [0.25, 0.3) is 0 Å².